The van der Waals surface area contributed by atoms with Crippen LogP contribution < -0.4 is 5.32 Å². The second-order valence-electron chi connectivity index (χ2n) is 10.5. The Morgan fingerprint density at radius 2 is 1.62 bits per heavy atom. The molecule has 1 aliphatic rings. The van der Waals surface area contributed by atoms with Gasteiger partial charge in [-0.3, -0.25) is 9.59 Å². The number of hydrogen-bond acceptors (Lipinski definition) is 6. The number of nitrogens with zero attached hydrogens (tertiary/aromatic N) is 3. The summed E-state index contributed by atoms with van der Waals surface area (Å²) in [5.41, 5.74) is 16.4. The van der Waals surface area contributed by atoms with Crippen molar-refractivity contribution in [3.8, 4) is 0 Å². The predicted molar refractivity (Wildman–Crippen MR) is 144 cm³/mol. The third-order valence-electron chi connectivity index (χ3n) is 7.01. The number of carbonyl (C=O) groups excluding carboxylic acids is 2. The van der Waals surface area contributed by atoms with Gasteiger partial charge in [-0.25, -0.2) is 11.1 Å². The first-order valence-corrected chi connectivity index (χ1v) is 12.9. The van der Waals surface area contributed by atoms with E-state index in [1.54, 1.807) is 30.3 Å². The van der Waals surface area contributed by atoms with Crippen LogP contribution in [0.15, 0.2) is 64.8 Å². The molecular weight excluding hydrogens is 488 g/mol. The Morgan fingerprint density at radius 3 is 2.16 bits per heavy atom. The van der Waals surface area contributed by atoms with Gasteiger partial charge in [0.25, 0.3) is 12.2 Å². The summed E-state index contributed by atoms with van der Waals surface area (Å²) in [5, 5.41) is 9.18. The van der Waals surface area contributed by atoms with E-state index < -0.39 is 12.2 Å². The van der Waals surface area contributed by atoms with E-state index in [0.717, 1.165) is 36.8 Å². The molecule has 3 rings (SSSR count). The molecule has 2 amide bonds. The van der Waals surface area contributed by atoms with Crippen molar-refractivity contribution in [2.24, 2.45) is 21.6 Å². The van der Waals surface area contributed by atoms with Crippen molar-refractivity contribution in [3.63, 3.8) is 0 Å². The van der Waals surface area contributed by atoms with Crippen LogP contribution in [0.3, 0.4) is 0 Å². The molecule has 8 nitrogen and oxygen atoms in total. The van der Waals surface area contributed by atoms with Gasteiger partial charge in [0, 0.05) is 29.2 Å². The molecular formula is C28H35ClN6O2. The van der Waals surface area contributed by atoms with Gasteiger partial charge in [0.05, 0.1) is 0 Å². The van der Waals surface area contributed by atoms with Crippen molar-refractivity contribution in [2.75, 3.05) is 0 Å². The summed E-state index contributed by atoms with van der Waals surface area (Å²) in [7, 11) is 0. The van der Waals surface area contributed by atoms with Gasteiger partial charge in [0.2, 0.25) is 5.91 Å². The highest BCUT2D eigenvalue weighted by atomic mass is 35.5. The molecule has 0 heterocycles. The quantitative estimate of drug-likeness (QED) is 0.241. The molecule has 3 N–H and O–H groups in total. The van der Waals surface area contributed by atoms with Crippen LogP contribution in [0, 0.1) is 22.4 Å². The van der Waals surface area contributed by atoms with Crippen LogP contribution in [-0.2, 0) is 11.3 Å². The van der Waals surface area contributed by atoms with E-state index in [2.05, 4.69) is 36.3 Å². The molecule has 37 heavy (non-hydrogen) atoms. The molecule has 9 heteroatoms. The first kappa shape index (κ1) is 28.2. The summed E-state index contributed by atoms with van der Waals surface area (Å²) >= 11 is 5.98. The molecule has 0 saturated heterocycles. The predicted octanol–water partition coefficient (Wildman–Crippen LogP) is 7.06. The second kappa shape index (κ2) is 12.7. The summed E-state index contributed by atoms with van der Waals surface area (Å²) in [6.45, 7) is 7.28. The van der Waals surface area contributed by atoms with Crippen LogP contribution in [0.4, 0.5) is 0 Å². The van der Waals surface area contributed by atoms with Crippen LogP contribution in [0.25, 0.3) is 6.08 Å². The number of benzene rings is 2. The molecule has 2 aromatic carbocycles. The Labute approximate surface area is 223 Å². The number of carbonyl (C=O) groups is 2. The van der Waals surface area contributed by atoms with Crippen LogP contribution in [0.1, 0.15) is 67.9 Å². The number of hydrogen-bond donors (Lipinski definition) is 3. The first-order valence-electron chi connectivity index (χ1n) is 12.5. The zero-order valence-corrected chi connectivity index (χ0v) is 22.3. The monoisotopic (exact) mass is 522 g/mol. The van der Waals surface area contributed by atoms with E-state index in [1.807, 2.05) is 35.2 Å². The second-order valence-corrected chi connectivity index (χ2v) is 11.0. The molecule has 1 saturated carbocycles. The van der Waals surface area contributed by atoms with E-state index in [4.69, 9.17) is 22.7 Å². The highest BCUT2D eigenvalue weighted by Crippen LogP contribution is 2.39. The maximum atomic E-state index is 13.4. The summed E-state index contributed by atoms with van der Waals surface area (Å²) in [6.07, 6.45) is 6.29. The van der Waals surface area contributed by atoms with Crippen LogP contribution in [-0.4, -0.2) is 29.0 Å². The van der Waals surface area contributed by atoms with Gasteiger partial charge < -0.3 is 10.2 Å². The van der Waals surface area contributed by atoms with Gasteiger partial charge in [-0.05, 0) is 78.5 Å². The highest BCUT2D eigenvalue weighted by Gasteiger charge is 2.33. The van der Waals surface area contributed by atoms with E-state index in [9.17, 15) is 9.59 Å². The lowest BCUT2D eigenvalue weighted by atomic mass is 9.71. The maximum absolute atomic E-state index is 13.4. The summed E-state index contributed by atoms with van der Waals surface area (Å²) in [5.74, 6) is 0.119. The zero-order chi connectivity index (χ0) is 27.0. The van der Waals surface area contributed by atoms with Crippen molar-refractivity contribution in [2.45, 2.75) is 65.3 Å². The molecule has 0 radical (unpaired) electrons. The van der Waals surface area contributed by atoms with Crippen molar-refractivity contribution in [1.82, 2.24) is 10.2 Å². The van der Waals surface area contributed by atoms with Gasteiger partial charge in [-0.15, -0.1) is 10.2 Å². The Hall–Kier alpha value is -3.39. The molecule has 196 valence electrons. The highest BCUT2D eigenvalue weighted by molar-refractivity contribution is 6.30. The number of halogens is 1. The Bertz CT molecular complexity index is 1110. The average molecular weight is 523 g/mol. The minimum absolute atomic E-state index is 0.0482. The van der Waals surface area contributed by atoms with Gasteiger partial charge in [0.1, 0.15) is 0 Å². The summed E-state index contributed by atoms with van der Waals surface area (Å²) < 4.78 is 0. The minimum atomic E-state index is -1.23. The standard InChI is InChI=1S/C28H35ClN6O2/c1-28(2,3)22-11-15-24(16-12-22)35(25(36)17-8-19-6-13-23(29)14-7-19)18-20-4-9-21(10-5-20)26(37)32-27(33-30)34-31/h4-10,13-14,17,22,24,27,30-31H,11-12,15-16,18H2,1-3H3,(H,32,37). The van der Waals surface area contributed by atoms with Gasteiger partial charge in [0.15, 0.2) is 0 Å². The van der Waals surface area contributed by atoms with Crippen molar-refractivity contribution >= 4 is 29.5 Å². The SMILES string of the molecule is CC(C)(C)C1CCC(N(Cc2ccc(C(=O)NC(N=N)N=N)cc2)C(=O)C=Cc2ccc(Cl)cc2)CC1. The lowest BCUT2D eigenvalue weighted by molar-refractivity contribution is -0.130. The van der Waals surface area contributed by atoms with Crippen LogP contribution in [0.2, 0.25) is 5.02 Å². The lowest BCUT2D eigenvalue weighted by Gasteiger charge is -2.41. The Balaban J connectivity index is 1.76. The van der Waals surface area contributed by atoms with Crippen LogP contribution in [0.5, 0.6) is 0 Å². The van der Waals surface area contributed by atoms with Crippen LogP contribution >= 0.6 is 11.6 Å². The fourth-order valence-corrected chi connectivity index (χ4v) is 4.86. The Kier molecular flexibility index (Phi) is 9.69. The Morgan fingerprint density at radius 1 is 1.03 bits per heavy atom. The van der Waals surface area contributed by atoms with E-state index in [0.29, 0.717) is 23.0 Å². The molecule has 0 atom stereocenters. The molecule has 0 spiro atoms. The summed E-state index contributed by atoms with van der Waals surface area (Å²) in [4.78, 5) is 27.7. The summed E-state index contributed by atoms with van der Waals surface area (Å²) in [6, 6.07) is 14.5. The van der Waals surface area contributed by atoms with E-state index in [1.165, 1.54) is 0 Å². The third kappa shape index (κ3) is 8.05. The molecule has 0 aliphatic heterocycles. The number of amides is 2. The zero-order valence-electron chi connectivity index (χ0n) is 21.6. The van der Waals surface area contributed by atoms with Crippen molar-refractivity contribution in [3.05, 3.63) is 76.3 Å². The fraction of sp³-hybridized carbons (Fsp3) is 0.429. The molecule has 0 unspecified atom stereocenters. The van der Waals surface area contributed by atoms with Crippen molar-refractivity contribution < 1.29 is 9.59 Å². The smallest absolute Gasteiger partial charge is 0.254 e. The fourth-order valence-electron chi connectivity index (χ4n) is 4.73. The largest absolute Gasteiger partial charge is 0.332 e. The molecule has 0 aromatic heterocycles. The minimum Gasteiger partial charge on any atom is -0.332 e. The lowest BCUT2D eigenvalue weighted by Crippen LogP contribution is -2.42. The number of nitrogens with one attached hydrogen (secondary N) is 3. The van der Waals surface area contributed by atoms with Gasteiger partial charge in [-0.2, -0.15) is 0 Å². The first-order chi connectivity index (χ1) is 17.6. The maximum Gasteiger partial charge on any atom is 0.254 e. The molecule has 1 fully saturated rings. The number of rotatable bonds is 9. The van der Waals surface area contributed by atoms with Gasteiger partial charge >= 0.3 is 0 Å². The normalized spacial score (nSPS) is 18.7. The molecule has 1 aliphatic carbocycles. The molecule has 0 bridgehead atoms. The van der Waals surface area contributed by atoms with Crippen molar-refractivity contribution in [1.29, 1.82) is 11.1 Å². The average Bonchev–Trinajstić information content (AvgIpc) is 2.89. The van der Waals surface area contributed by atoms with E-state index >= 15 is 0 Å². The van der Waals surface area contributed by atoms with Gasteiger partial charge in [-0.1, -0.05) is 56.6 Å². The van der Waals surface area contributed by atoms with E-state index in [-0.39, 0.29) is 17.4 Å². The third-order valence-corrected chi connectivity index (χ3v) is 7.26. The molecule has 2 aromatic rings. The topological polar surface area (TPSA) is 122 Å².